The smallest absolute Gasteiger partial charge is 0.142 e. The number of rotatable bonds is 1. The molecule has 1 aliphatic heterocycles. The molecular formula is C21H26BN3. The second kappa shape index (κ2) is 6.43. The molecule has 3 heterocycles. The molecule has 4 heteroatoms. The standard InChI is InChI=1S/C19H16BN3.C2H6.2H2/c20-19-14-9-10-21-16(14)18-17(23-19)13-8-4-7-12(13)15(22-18)11-5-2-1-3-6-11;1-2;;/h1-6,8-10,12-13,15,21-22H,7H2;1-2H3;2*1H. The number of benzene rings is 1. The highest BCUT2D eigenvalue weighted by molar-refractivity contribution is 6.37. The number of anilines is 1. The number of pyridine rings is 1. The van der Waals surface area contributed by atoms with Crippen molar-refractivity contribution in [2.45, 2.75) is 32.2 Å². The Morgan fingerprint density at radius 2 is 1.96 bits per heavy atom. The van der Waals surface area contributed by atoms with Gasteiger partial charge in [0.25, 0.3) is 0 Å². The molecule has 5 rings (SSSR count). The fourth-order valence-corrected chi connectivity index (χ4v) is 4.11. The average molecular weight is 331 g/mol. The van der Waals surface area contributed by atoms with E-state index in [0.717, 1.165) is 28.7 Å². The lowest BCUT2D eigenvalue weighted by Gasteiger charge is -2.37. The lowest BCUT2D eigenvalue weighted by molar-refractivity contribution is 0.420. The molecule has 3 aromatic rings. The summed E-state index contributed by atoms with van der Waals surface area (Å²) in [6.07, 6.45) is 7.57. The van der Waals surface area contributed by atoms with E-state index in [9.17, 15) is 0 Å². The summed E-state index contributed by atoms with van der Waals surface area (Å²) in [7, 11) is 6.17. The van der Waals surface area contributed by atoms with Gasteiger partial charge in [-0.1, -0.05) is 56.3 Å². The number of aromatic amines is 1. The molecule has 3 atom stereocenters. The Balaban J connectivity index is 0.000000634. The topological polar surface area (TPSA) is 40.7 Å². The summed E-state index contributed by atoms with van der Waals surface area (Å²) in [6.45, 7) is 4.00. The lowest BCUT2D eigenvalue weighted by atomic mass is 9.78. The molecule has 0 saturated heterocycles. The van der Waals surface area contributed by atoms with Crippen molar-refractivity contribution in [2.75, 3.05) is 5.32 Å². The van der Waals surface area contributed by atoms with Gasteiger partial charge in [0.1, 0.15) is 7.85 Å². The van der Waals surface area contributed by atoms with Gasteiger partial charge < -0.3 is 10.3 Å². The van der Waals surface area contributed by atoms with E-state index in [1.54, 1.807) is 0 Å². The Bertz CT molecular complexity index is 924. The van der Waals surface area contributed by atoms with Crippen LogP contribution in [0.5, 0.6) is 0 Å². The van der Waals surface area contributed by atoms with Crippen molar-refractivity contribution in [3.05, 3.63) is 66.0 Å². The maximum atomic E-state index is 6.17. The summed E-state index contributed by atoms with van der Waals surface area (Å²) in [5, 5.41) is 4.74. The zero-order chi connectivity index (χ0) is 17.4. The van der Waals surface area contributed by atoms with Crippen molar-refractivity contribution in [1.82, 2.24) is 9.97 Å². The van der Waals surface area contributed by atoms with E-state index >= 15 is 0 Å². The molecule has 3 unspecified atom stereocenters. The number of hydrogen-bond acceptors (Lipinski definition) is 2. The van der Waals surface area contributed by atoms with E-state index in [1.165, 1.54) is 5.56 Å². The van der Waals surface area contributed by atoms with Gasteiger partial charge in [-0.3, -0.25) is 4.98 Å². The van der Waals surface area contributed by atoms with Gasteiger partial charge in [0, 0.05) is 20.4 Å². The number of allylic oxidation sites excluding steroid dienone is 2. The van der Waals surface area contributed by atoms with Crippen LogP contribution >= 0.6 is 0 Å². The number of H-pyrrole nitrogens is 1. The van der Waals surface area contributed by atoms with Crippen molar-refractivity contribution in [1.29, 1.82) is 0 Å². The molecule has 1 aromatic carbocycles. The van der Waals surface area contributed by atoms with Crippen molar-refractivity contribution >= 4 is 30.0 Å². The number of aromatic nitrogens is 2. The van der Waals surface area contributed by atoms with E-state index in [2.05, 4.69) is 52.8 Å². The molecule has 2 radical (unpaired) electrons. The first-order chi connectivity index (χ1) is 12.3. The van der Waals surface area contributed by atoms with Crippen LogP contribution in [-0.2, 0) is 0 Å². The summed E-state index contributed by atoms with van der Waals surface area (Å²) in [5.41, 5.74) is 5.17. The van der Waals surface area contributed by atoms with Gasteiger partial charge in [-0.15, -0.1) is 0 Å². The highest BCUT2D eigenvalue weighted by Crippen LogP contribution is 2.50. The normalized spacial score (nSPS) is 23.4. The second-order valence-electron chi connectivity index (χ2n) is 6.41. The van der Waals surface area contributed by atoms with Crippen molar-refractivity contribution < 1.29 is 2.85 Å². The van der Waals surface area contributed by atoms with Gasteiger partial charge in [0.05, 0.1) is 22.9 Å². The Hall–Kier alpha value is -2.49. The van der Waals surface area contributed by atoms with Crippen molar-refractivity contribution in [2.24, 2.45) is 5.92 Å². The van der Waals surface area contributed by atoms with E-state index in [4.69, 9.17) is 12.8 Å². The van der Waals surface area contributed by atoms with Gasteiger partial charge >= 0.3 is 0 Å². The van der Waals surface area contributed by atoms with Crippen LogP contribution in [0.2, 0.25) is 0 Å². The molecule has 2 aliphatic rings. The van der Waals surface area contributed by atoms with E-state index < -0.39 is 0 Å². The molecule has 0 amide bonds. The number of hydrogen-bond donors (Lipinski definition) is 2. The fourth-order valence-electron chi connectivity index (χ4n) is 4.11. The first-order valence-electron chi connectivity index (χ1n) is 9.07. The third kappa shape index (κ3) is 2.48. The largest absolute Gasteiger partial charge is 0.375 e. The summed E-state index contributed by atoms with van der Waals surface area (Å²) in [5.74, 6) is 0.815. The van der Waals surface area contributed by atoms with Crippen LogP contribution in [-0.4, -0.2) is 17.8 Å². The minimum absolute atomic E-state index is 0. The Labute approximate surface area is 152 Å². The third-order valence-electron chi connectivity index (χ3n) is 5.19. The van der Waals surface area contributed by atoms with E-state index in [0.29, 0.717) is 23.5 Å². The minimum atomic E-state index is 0. The average Bonchev–Trinajstić information content (AvgIpc) is 3.34. The number of nitrogens with one attached hydrogen (secondary N) is 2. The van der Waals surface area contributed by atoms with Crippen LogP contribution in [0, 0.1) is 5.92 Å². The number of nitrogens with zero attached hydrogens (tertiary/aromatic N) is 1. The maximum absolute atomic E-state index is 6.17. The second-order valence-corrected chi connectivity index (χ2v) is 6.41. The monoisotopic (exact) mass is 331 g/mol. The Morgan fingerprint density at radius 3 is 2.76 bits per heavy atom. The van der Waals surface area contributed by atoms with Gasteiger partial charge in [-0.2, -0.15) is 0 Å². The quantitative estimate of drug-likeness (QED) is 0.501. The highest BCUT2D eigenvalue weighted by atomic mass is 15.0. The molecule has 0 fully saturated rings. The Kier molecular flexibility index (Phi) is 4.12. The first-order valence-corrected chi connectivity index (χ1v) is 9.07. The van der Waals surface area contributed by atoms with Crippen LogP contribution in [0.3, 0.4) is 0 Å². The van der Waals surface area contributed by atoms with Gasteiger partial charge in [-0.25, -0.2) is 0 Å². The van der Waals surface area contributed by atoms with Gasteiger partial charge in [0.15, 0.2) is 0 Å². The number of fused-ring (bicyclic) bond motifs is 5. The molecule has 25 heavy (non-hydrogen) atoms. The zero-order valence-electron chi connectivity index (χ0n) is 14.7. The Morgan fingerprint density at radius 1 is 1.16 bits per heavy atom. The molecule has 2 aromatic heterocycles. The highest BCUT2D eigenvalue weighted by Gasteiger charge is 2.39. The maximum Gasteiger partial charge on any atom is 0.142 e. The van der Waals surface area contributed by atoms with Crippen LogP contribution in [0.25, 0.3) is 10.9 Å². The first kappa shape index (κ1) is 16.0. The zero-order valence-corrected chi connectivity index (χ0v) is 14.7. The minimum Gasteiger partial charge on any atom is -0.375 e. The van der Waals surface area contributed by atoms with E-state index in [1.807, 2.05) is 26.1 Å². The molecule has 0 saturated carbocycles. The van der Waals surface area contributed by atoms with Crippen molar-refractivity contribution in [3.63, 3.8) is 0 Å². The van der Waals surface area contributed by atoms with E-state index in [-0.39, 0.29) is 2.85 Å². The predicted octanol–water partition coefficient (Wildman–Crippen LogP) is 4.70. The van der Waals surface area contributed by atoms with Crippen LogP contribution < -0.4 is 10.9 Å². The van der Waals surface area contributed by atoms with Crippen molar-refractivity contribution in [3.8, 4) is 0 Å². The predicted molar refractivity (Wildman–Crippen MR) is 110 cm³/mol. The molecule has 1 aliphatic carbocycles. The molecule has 2 N–H and O–H groups in total. The van der Waals surface area contributed by atoms with Crippen LogP contribution in [0.4, 0.5) is 5.69 Å². The molecule has 3 nitrogen and oxygen atoms in total. The van der Waals surface area contributed by atoms with Gasteiger partial charge in [-0.05, 0) is 29.6 Å². The molecule has 128 valence electrons. The summed E-state index contributed by atoms with van der Waals surface area (Å²) in [4.78, 5) is 8.06. The fraction of sp³-hybridized carbons (Fsp3) is 0.286. The summed E-state index contributed by atoms with van der Waals surface area (Å²) in [6, 6.07) is 13.0. The summed E-state index contributed by atoms with van der Waals surface area (Å²) < 4.78 is 0. The molecular weight excluding hydrogens is 305 g/mol. The lowest BCUT2D eigenvalue weighted by Crippen LogP contribution is -2.31. The van der Waals surface area contributed by atoms with Crippen LogP contribution in [0.1, 0.15) is 46.3 Å². The van der Waals surface area contributed by atoms with Gasteiger partial charge in [0.2, 0.25) is 0 Å². The van der Waals surface area contributed by atoms with Crippen LogP contribution in [0.15, 0.2) is 54.7 Å². The molecule has 0 spiro atoms. The summed E-state index contributed by atoms with van der Waals surface area (Å²) >= 11 is 0. The molecule has 0 bridgehead atoms. The SMILES string of the molecule is CC.[B]c1nc2c(c3[nH]ccc13)NC(c1ccccc1)C1CC=CC21.[HH].[HH]. The third-order valence-corrected chi connectivity index (χ3v) is 5.19.